The number of Topliss-reactive ketones (excluding diaryl/α,β-unsaturated/α-hetero) is 1. The van der Waals surface area contributed by atoms with Crippen LogP contribution in [-0.2, 0) is 48.9 Å². The van der Waals surface area contributed by atoms with Gasteiger partial charge in [0.2, 0.25) is 0 Å². The van der Waals surface area contributed by atoms with Gasteiger partial charge in [-0.15, -0.1) is 0 Å². The van der Waals surface area contributed by atoms with Crippen LogP contribution >= 0.6 is 0 Å². The average Bonchev–Trinajstić information content (AvgIpc) is 0.811. The number of hydrogen-bond acceptors (Lipinski definition) is 1. The van der Waals surface area contributed by atoms with E-state index in [0.717, 1.165) is 0 Å². The summed E-state index contributed by atoms with van der Waals surface area (Å²) >= 11 is 0. The van der Waals surface area contributed by atoms with Gasteiger partial charge in [0.1, 0.15) is 5.78 Å². The zero-order chi connectivity index (χ0) is 3.58. The normalized spacial score (nSPS) is 4.33. The van der Waals surface area contributed by atoms with Crippen LogP contribution in [0, 0.1) is 0 Å². The van der Waals surface area contributed by atoms with Gasteiger partial charge in [-0.05, 0) is 13.8 Å². The molecule has 0 aromatic carbocycles. The third-order valence-corrected chi connectivity index (χ3v) is 0. The van der Waals surface area contributed by atoms with Crippen LogP contribution in [0.15, 0.2) is 0 Å². The molecule has 0 amide bonds. The zero-order valence-electron chi connectivity index (χ0n) is 3.86. The minimum Gasteiger partial charge on any atom is -0.300 e. The van der Waals surface area contributed by atoms with E-state index in [4.69, 9.17) is 0 Å². The van der Waals surface area contributed by atoms with Crippen LogP contribution in [0.4, 0.5) is 0 Å². The van der Waals surface area contributed by atoms with E-state index in [1.165, 1.54) is 13.8 Å². The Morgan fingerprint density at radius 2 is 1.33 bits per heavy atom. The minimum absolute atomic E-state index is 0. The van der Waals surface area contributed by atoms with Crippen LogP contribution in [0.5, 0.6) is 0 Å². The average molecular weight is 199 g/mol. The molecule has 0 bridgehead atoms. The van der Waals surface area contributed by atoms with Crippen molar-refractivity contribution in [2.45, 2.75) is 13.8 Å². The molecule has 0 aliphatic carbocycles. The van der Waals surface area contributed by atoms with E-state index in [2.05, 4.69) is 0 Å². The topological polar surface area (TPSA) is 17.1 Å². The molecule has 0 N–H and O–H groups in total. The Kier molecular flexibility index (Phi) is 24.8. The quantitative estimate of drug-likeness (QED) is 0.521. The summed E-state index contributed by atoms with van der Waals surface area (Å²) in [5.74, 6) is 0.167. The fraction of sp³-hybridized carbons (Fsp3) is 0.667. The van der Waals surface area contributed by atoms with E-state index in [1.54, 1.807) is 0 Å². The maximum absolute atomic E-state index is 9.44. The third-order valence-electron chi connectivity index (χ3n) is 0. The summed E-state index contributed by atoms with van der Waals surface area (Å²) < 4.78 is 0. The van der Waals surface area contributed by atoms with Crippen molar-refractivity contribution in [1.29, 1.82) is 0 Å². The van der Waals surface area contributed by atoms with Gasteiger partial charge < -0.3 is 4.79 Å². The summed E-state index contributed by atoms with van der Waals surface area (Å²) in [6.45, 7) is 3.06. The molecule has 0 saturated heterocycles. The number of carbonyl (C=O) groups is 1. The smallest absolute Gasteiger partial charge is 0.126 e. The van der Waals surface area contributed by atoms with Crippen LogP contribution in [0.3, 0.4) is 0 Å². The van der Waals surface area contributed by atoms with Gasteiger partial charge in [-0.25, -0.2) is 0 Å². The molecule has 6 heavy (non-hydrogen) atoms. The van der Waals surface area contributed by atoms with Crippen LogP contribution in [-0.4, -0.2) is 5.78 Å². The van der Waals surface area contributed by atoms with Crippen molar-refractivity contribution in [3.63, 3.8) is 0 Å². The first kappa shape index (κ1) is 15.7. The van der Waals surface area contributed by atoms with Crippen molar-refractivity contribution in [3.05, 3.63) is 0 Å². The van der Waals surface area contributed by atoms with Gasteiger partial charge in [0.25, 0.3) is 0 Å². The van der Waals surface area contributed by atoms with Gasteiger partial charge in [-0.3, -0.25) is 0 Å². The Labute approximate surface area is 68.3 Å². The van der Waals surface area contributed by atoms with Crippen LogP contribution in [0.2, 0.25) is 0 Å². The van der Waals surface area contributed by atoms with E-state index in [0.29, 0.717) is 0 Å². The first-order valence-electron chi connectivity index (χ1n) is 1.20. The van der Waals surface area contributed by atoms with Crippen LogP contribution in [0.1, 0.15) is 13.8 Å². The Morgan fingerprint density at radius 1 is 1.33 bits per heavy atom. The van der Waals surface area contributed by atoms with Gasteiger partial charge in [-0.1, -0.05) is 0 Å². The number of ketones is 1. The predicted octanol–water partition coefficient (Wildman–Crippen LogP) is 0.590. The van der Waals surface area contributed by atoms with Gasteiger partial charge in [0.15, 0.2) is 0 Å². The molecule has 0 rings (SSSR count). The Bertz CT molecular complexity index is 33.8. The van der Waals surface area contributed by atoms with Crippen molar-refractivity contribution in [1.82, 2.24) is 0 Å². The molecule has 0 saturated carbocycles. The maximum Gasteiger partial charge on any atom is 0.126 e. The Hall–Kier alpha value is 1.12. The van der Waals surface area contributed by atoms with Crippen molar-refractivity contribution in [3.8, 4) is 0 Å². The molecule has 0 atom stereocenters. The van der Waals surface area contributed by atoms with Gasteiger partial charge in [0, 0.05) is 44.1 Å². The van der Waals surface area contributed by atoms with Gasteiger partial charge >= 0.3 is 0 Å². The predicted molar refractivity (Wildman–Crippen MR) is 16.4 cm³/mol. The summed E-state index contributed by atoms with van der Waals surface area (Å²) in [6, 6.07) is 0. The van der Waals surface area contributed by atoms with Gasteiger partial charge in [-0.2, -0.15) is 0 Å². The number of carbonyl (C=O) groups excluding carboxylic acids is 1. The summed E-state index contributed by atoms with van der Waals surface area (Å²) in [4.78, 5) is 9.44. The van der Waals surface area contributed by atoms with Crippen molar-refractivity contribution >= 4 is 5.78 Å². The second-order valence-electron chi connectivity index (χ2n) is 0.908. The molecular formula is C3H6NbOTi. The van der Waals surface area contributed by atoms with E-state index in [-0.39, 0.29) is 49.9 Å². The molecule has 0 fully saturated rings. The van der Waals surface area contributed by atoms with Gasteiger partial charge in [0.05, 0.1) is 0 Å². The second kappa shape index (κ2) is 9.45. The minimum atomic E-state index is 0. The molecule has 0 aliphatic rings. The summed E-state index contributed by atoms with van der Waals surface area (Å²) in [5.41, 5.74) is 0. The zero-order valence-corrected chi connectivity index (χ0v) is 7.62. The van der Waals surface area contributed by atoms with E-state index < -0.39 is 0 Å². The maximum atomic E-state index is 9.44. The van der Waals surface area contributed by atoms with Crippen LogP contribution < -0.4 is 0 Å². The molecule has 0 unspecified atom stereocenters. The molecule has 33 valence electrons. The molecule has 0 aromatic heterocycles. The molecule has 1 radical (unpaired) electrons. The molecular weight excluding hydrogens is 193 g/mol. The van der Waals surface area contributed by atoms with Crippen molar-refractivity contribution in [2.75, 3.05) is 0 Å². The molecule has 0 aliphatic heterocycles. The second-order valence-corrected chi connectivity index (χ2v) is 0.908. The SMILES string of the molecule is CC(C)=O.[Nb].[Ti]. The molecule has 1 nitrogen and oxygen atoms in total. The summed E-state index contributed by atoms with van der Waals surface area (Å²) in [7, 11) is 0. The largest absolute Gasteiger partial charge is 0.300 e. The number of hydrogen-bond donors (Lipinski definition) is 0. The van der Waals surface area contributed by atoms with Crippen molar-refractivity contribution in [2.24, 2.45) is 0 Å². The fourth-order valence-corrected chi connectivity index (χ4v) is 0. The summed E-state index contributed by atoms with van der Waals surface area (Å²) in [6.07, 6.45) is 0. The molecule has 0 aromatic rings. The fourth-order valence-electron chi connectivity index (χ4n) is 0. The Balaban J connectivity index is -0.0000000450. The molecule has 0 heterocycles. The molecule has 3 heteroatoms. The van der Waals surface area contributed by atoms with Crippen molar-refractivity contribution < 1.29 is 48.9 Å². The Morgan fingerprint density at radius 3 is 1.33 bits per heavy atom. The first-order valence-corrected chi connectivity index (χ1v) is 1.20. The van der Waals surface area contributed by atoms with E-state index >= 15 is 0 Å². The van der Waals surface area contributed by atoms with Crippen LogP contribution in [0.25, 0.3) is 0 Å². The number of rotatable bonds is 0. The monoisotopic (exact) mass is 199 g/mol. The van der Waals surface area contributed by atoms with E-state index in [1.807, 2.05) is 0 Å². The summed E-state index contributed by atoms with van der Waals surface area (Å²) in [5, 5.41) is 0. The van der Waals surface area contributed by atoms with E-state index in [9.17, 15) is 4.79 Å². The first-order chi connectivity index (χ1) is 1.73. The standard InChI is InChI=1S/C3H6O.Nb.Ti/c1-3(2)4;;/h1-2H3;;. The third kappa shape index (κ3) is 68.9. The molecule has 0 spiro atoms.